The zero-order valence-corrected chi connectivity index (χ0v) is 12.0. The molecule has 92 valence electrons. The number of nitrogens with zero attached hydrogens (tertiary/aromatic N) is 1. The molecule has 5 heteroatoms. The molecule has 1 aliphatic rings. The molecule has 17 heavy (non-hydrogen) atoms. The summed E-state index contributed by atoms with van der Waals surface area (Å²) in [6, 6.07) is 5.99. The van der Waals surface area contributed by atoms with Crippen molar-refractivity contribution in [2.75, 3.05) is 29.5 Å². The number of nitrogens with one attached hydrogen (secondary N) is 1. The Hall–Kier alpha value is -0.680. The second kappa shape index (κ2) is 5.78. The topological polar surface area (TPSA) is 53.1 Å². The first-order chi connectivity index (χ1) is 8.18. The Labute approximate surface area is 114 Å². The standard InChI is InChI=1S/C12H16BrN3S/c13-9-2-3-11(10(8-9)12(14)15)16-4-1-6-17-7-5-16/h2-3,8H,1,4-7H2,(H3,14,15). The monoisotopic (exact) mass is 313 g/mol. The number of nitrogens with two attached hydrogens (primary N) is 1. The van der Waals surface area contributed by atoms with Gasteiger partial charge in [0.05, 0.1) is 0 Å². The average Bonchev–Trinajstić information content (AvgIpc) is 2.57. The highest BCUT2D eigenvalue weighted by atomic mass is 79.9. The van der Waals surface area contributed by atoms with E-state index in [2.05, 4.69) is 26.9 Å². The SMILES string of the molecule is N=C(N)c1cc(Br)ccc1N1CCCSCC1. The van der Waals surface area contributed by atoms with Gasteiger partial charge < -0.3 is 10.6 Å². The summed E-state index contributed by atoms with van der Waals surface area (Å²) >= 11 is 5.42. The molecule has 0 aromatic heterocycles. The third kappa shape index (κ3) is 3.16. The molecule has 0 aliphatic carbocycles. The van der Waals surface area contributed by atoms with Gasteiger partial charge >= 0.3 is 0 Å². The molecule has 0 saturated carbocycles. The van der Waals surface area contributed by atoms with Gasteiger partial charge in [-0.25, -0.2) is 0 Å². The summed E-state index contributed by atoms with van der Waals surface area (Å²) < 4.78 is 0.968. The van der Waals surface area contributed by atoms with Crippen molar-refractivity contribution in [2.24, 2.45) is 5.73 Å². The van der Waals surface area contributed by atoms with E-state index in [0.29, 0.717) is 0 Å². The Morgan fingerprint density at radius 2 is 2.18 bits per heavy atom. The van der Waals surface area contributed by atoms with E-state index >= 15 is 0 Å². The van der Waals surface area contributed by atoms with E-state index in [1.54, 1.807) is 0 Å². The van der Waals surface area contributed by atoms with Crippen molar-refractivity contribution in [3.8, 4) is 0 Å². The summed E-state index contributed by atoms with van der Waals surface area (Å²) in [7, 11) is 0. The van der Waals surface area contributed by atoms with Crippen molar-refractivity contribution in [1.29, 1.82) is 5.41 Å². The quantitative estimate of drug-likeness (QED) is 0.652. The summed E-state index contributed by atoms with van der Waals surface area (Å²) in [6.45, 7) is 2.08. The normalized spacial score (nSPS) is 16.6. The van der Waals surface area contributed by atoms with E-state index in [1.165, 1.54) is 12.2 Å². The van der Waals surface area contributed by atoms with Gasteiger partial charge in [0.1, 0.15) is 5.84 Å². The van der Waals surface area contributed by atoms with Crippen LogP contribution in [0.4, 0.5) is 5.69 Å². The minimum atomic E-state index is 0.137. The molecule has 1 saturated heterocycles. The third-order valence-electron chi connectivity index (χ3n) is 2.81. The maximum atomic E-state index is 7.67. The van der Waals surface area contributed by atoms with Crippen LogP contribution in [0.2, 0.25) is 0 Å². The van der Waals surface area contributed by atoms with Crippen molar-refractivity contribution in [3.05, 3.63) is 28.2 Å². The highest BCUT2D eigenvalue weighted by molar-refractivity contribution is 9.10. The van der Waals surface area contributed by atoms with E-state index in [0.717, 1.165) is 34.6 Å². The number of thioether (sulfide) groups is 1. The highest BCUT2D eigenvalue weighted by Crippen LogP contribution is 2.26. The smallest absolute Gasteiger partial charge is 0.124 e. The minimum absolute atomic E-state index is 0.137. The number of hydrogen-bond acceptors (Lipinski definition) is 3. The average molecular weight is 314 g/mol. The number of hydrogen-bond donors (Lipinski definition) is 2. The summed E-state index contributed by atoms with van der Waals surface area (Å²) in [5.74, 6) is 2.51. The summed E-state index contributed by atoms with van der Waals surface area (Å²) in [4.78, 5) is 2.34. The van der Waals surface area contributed by atoms with Crippen LogP contribution in [0.15, 0.2) is 22.7 Å². The van der Waals surface area contributed by atoms with Crippen LogP contribution in [0.1, 0.15) is 12.0 Å². The van der Waals surface area contributed by atoms with Crippen LogP contribution in [-0.2, 0) is 0 Å². The Morgan fingerprint density at radius 3 is 2.94 bits per heavy atom. The second-order valence-electron chi connectivity index (χ2n) is 4.03. The van der Waals surface area contributed by atoms with Crippen LogP contribution in [0.3, 0.4) is 0 Å². The van der Waals surface area contributed by atoms with E-state index < -0.39 is 0 Å². The lowest BCUT2D eigenvalue weighted by Gasteiger charge is -2.25. The molecule has 0 bridgehead atoms. The molecule has 0 unspecified atom stereocenters. The van der Waals surface area contributed by atoms with Gasteiger partial charge in [0.2, 0.25) is 0 Å². The van der Waals surface area contributed by atoms with Crippen molar-refractivity contribution >= 4 is 39.2 Å². The van der Waals surface area contributed by atoms with Gasteiger partial charge in [0.25, 0.3) is 0 Å². The van der Waals surface area contributed by atoms with Gasteiger partial charge in [-0.15, -0.1) is 0 Å². The minimum Gasteiger partial charge on any atom is -0.384 e. The molecule has 0 radical (unpaired) electrons. The number of anilines is 1. The fraction of sp³-hybridized carbons (Fsp3) is 0.417. The first-order valence-corrected chi connectivity index (χ1v) is 7.60. The van der Waals surface area contributed by atoms with Gasteiger partial charge in [-0.3, -0.25) is 5.41 Å². The van der Waals surface area contributed by atoms with E-state index in [1.807, 2.05) is 23.9 Å². The molecule has 0 atom stereocenters. The van der Waals surface area contributed by atoms with Crippen molar-refractivity contribution in [1.82, 2.24) is 0 Å². The van der Waals surface area contributed by atoms with E-state index in [9.17, 15) is 0 Å². The van der Waals surface area contributed by atoms with Crippen LogP contribution in [0.25, 0.3) is 0 Å². The number of halogens is 1. The molecular formula is C12H16BrN3S. The molecule has 1 aromatic rings. The van der Waals surface area contributed by atoms with Crippen LogP contribution < -0.4 is 10.6 Å². The fourth-order valence-electron chi connectivity index (χ4n) is 1.99. The van der Waals surface area contributed by atoms with Gasteiger partial charge in [0, 0.05) is 34.6 Å². The largest absolute Gasteiger partial charge is 0.384 e. The van der Waals surface area contributed by atoms with Gasteiger partial charge in [-0.2, -0.15) is 11.8 Å². The summed E-state index contributed by atoms with van der Waals surface area (Å²) in [5.41, 5.74) is 7.57. The van der Waals surface area contributed by atoms with E-state index in [-0.39, 0.29) is 5.84 Å². The lowest BCUT2D eigenvalue weighted by molar-refractivity contribution is 0.815. The zero-order chi connectivity index (χ0) is 12.3. The summed E-state index contributed by atoms with van der Waals surface area (Å²) in [6.07, 6.45) is 1.19. The van der Waals surface area contributed by atoms with Crippen molar-refractivity contribution < 1.29 is 0 Å². The number of nitrogen functional groups attached to an aromatic ring is 1. The Kier molecular flexibility index (Phi) is 4.34. The number of rotatable bonds is 2. The van der Waals surface area contributed by atoms with E-state index in [4.69, 9.17) is 11.1 Å². The molecule has 1 aromatic carbocycles. The first-order valence-electron chi connectivity index (χ1n) is 5.65. The Morgan fingerprint density at radius 1 is 1.35 bits per heavy atom. The van der Waals surface area contributed by atoms with Crippen molar-refractivity contribution in [2.45, 2.75) is 6.42 Å². The van der Waals surface area contributed by atoms with Gasteiger partial charge in [0.15, 0.2) is 0 Å². The first kappa shape index (κ1) is 12.8. The number of benzene rings is 1. The summed E-state index contributed by atoms with van der Waals surface area (Å²) in [5, 5.41) is 7.67. The maximum Gasteiger partial charge on any atom is 0.124 e. The van der Waals surface area contributed by atoms with Crippen LogP contribution >= 0.6 is 27.7 Å². The lowest BCUT2D eigenvalue weighted by Crippen LogP contribution is -2.28. The van der Waals surface area contributed by atoms with Crippen LogP contribution in [0.5, 0.6) is 0 Å². The third-order valence-corrected chi connectivity index (χ3v) is 4.35. The molecule has 3 nitrogen and oxygen atoms in total. The van der Waals surface area contributed by atoms with Gasteiger partial charge in [-0.1, -0.05) is 15.9 Å². The molecule has 2 rings (SSSR count). The van der Waals surface area contributed by atoms with Crippen LogP contribution in [-0.4, -0.2) is 30.4 Å². The molecule has 0 amide bonds. The molecule has 1 fully saturated rings. The fourth-order valence-corrected chi connectivity index (χ4v) is 3.23. The van der Waals surface area contributed by atoms with Crippen molar-refractivity contribution in [3.63, 3.8) is 0 Å². The molecular weight excluding hydrogens is 298 g/mol. The van der Waals surface area contributed by atoms with Crippen LogP contribution in [0, 0.1) is 5.41 Å². The lowest BCUT2D eigenvalue weighted by atomic mass is 10.1. The predicted octanol–water partition coefficient (Wildman–Crippen LogP) is 2.68. The zero-order valence-electron chi connectivity index (χ0n) is 9.58. The maximum absolute atomic E-state index is 7.67. The Bertz CT molecular complexity index is 414. The predicted molar refractivity (Wildman–Crippen MR) is 79.3 cm³/mol. The Balaban J connectivity index is 2.32. The highest BCUT2D eigenvalue weighted by Gasteiger charge is 2.15. The molecule has 1 heterocycles. The number of amidine groups is 1. The van der Waals surface area contributed by atoms with Gasteiger partial charge in [-0.05, 0) is 30.4 Å². The molecule has 1 aliphatic heterocycles. The molecule has 3 N–H and O–H groups in total. The molecule has 0 spiro atoms. The second-order valence-corrected chi connectivity index (χ2v) is 6.17.